The Morgan fingerprint density at radius 1 is 0.892 bits per heavy atom. The largest absolute Gasteiger partial charge is 0.402 e. The third-order valence-electron chi connectivity index (χ3n) is 6.24. The van der Waals surface area contributed by atoms with Gasteiger partial charge in [0, 0.05) is 44.0 Å². The minimum absolute atomic E-state index is 0.241. The molecule has 0 saturated heterocycles. The Morgan fingerprint density at radius 3 is 2.32 bits per heavy atom. The fraction of sp³-hybridized carbons (Fsp3) is 0.286. The lowest BCUT2D eigenvalue weighted by molar-refractivity contribution is -0.130. The monoisotopic (exact) mass is 539 g/mol. The first-order chi connectivity index (χ1) is 17.8. The second kappa shape index (κ2) is 11.9. The predicted octanol–water partition coefficient (Wildman–Crippen LogP) is 5.45. The number of esters is 1. The number of cyclic esters (lactones) is 1. The molecular weight excluding hydrogens is 510 g/mol. The molecule has 0 unspecified atom stereocenters. The Balaban J connectivity index is 1.24. The summed E-state index contributed by atoms with van der Waals surface area (Å²) in [6.07, 6.45) is 5.22. The molecule has 0 aromatic heterocycles. The average molecular weight is 540 g/mol. The van der Waals surface area contributed by atoms with Gasteiger partial charge in [-0.25, -0.2) is 22.5 Å². The van der Waals surface area contributed by atoms with E-state index in [9.17, 15) is 13.2 Å². The zero-order valence-electron chi connectivity index (χ0n) is 20.9. The molecule has 1 aliphatic rings. The predicted molar refractivity (Wildman–Crippen MR) is 147 cm³/mol. The van der Waals surface area contributed by atoms with Gasteiger partial charge in [0.1, 0.15) is 0 Å². The van der Waals surface area contributed by atoms with Crippen LogP contribution in [0.3, 0.4) is 0 Å². The first kappa shape index (κ1) is 26.9. The number of rotatable bonds is 11. The SMILES string of the molecule is CN(C=C1N=C(c2cccc3ccccc23)OC1=O)CCCCCCN(C)S(=O)(=O)c1ccc(Cl)cc1. The van der Waals surface area contributed by atoms with Crippen molar-refractivity contribution in [1.29, 1.82) is 0 Å². The Hall–Kier alpha value is -3.20. The van der Waals surface area contributed by atoms with Crippen LogP contribution in [-0.2, 0) is 19.6 Å². The topological polar surface area (TPSA) is 79.3 Å². The van der Waals surface area contributed by atoms with Crippen LogP contribution in [0.1, 0.15) is 31.2 Å². The number of hydrogen-bond donors (Lipinski definition) is 0. The standard InChI is InChI=1S/C28H30ClN3O4S/c1-31(18-7-3-4-8-19-32(2)37(34,35)23-16-14-22(29)15-17-23)20-26-28(33)36-27(30-26)25-13-9-11-21-10-5-6-12-24(21)25/h5-6,9-17,20H,3-4,7-8,18-19H2,1-2H3. The van der Waals surface area contributed by atoms with Crippen molar-refractivity contribution in [2.45, 2.75) is 30.6 Å². The van der Waals surface area contributed by atoms with Crippen LogP contribution in [0.25, 0.3) is 10.8 Å². The fourth-order valence-electron chi connectivity index (χ4n) is 4.16. The Kier molecular flexibility index (Phi) is 8.63. The van der Waals surface area contributed by atoms with Gasteiger partial charge < -0.3 is 9.64 Å². The van der Waals surface area contributed by atoms with E-state index in [1.165, 1.54) is 16.4 Å². The molecule has 3 aromatic rings. The molecule has 0 fully saturated rings. The van der Waals surface area contributed by atoms with E-state index in [-0.39, 0.29) is 10.6 Å². The lowest BCUT2D eigenvalue weighted by atomic mass is 10.0. The van der Waals surface area contributed by atoms with Crippen molar-refractivity contribution in [2.24, 2.45) is 4.99 Å². The number of sulfonamides is 1. The maximum Gasteiger partial charge on any atom is 0.365 e. The molecule has 0 amide bonds. The van der Waals surface area contributed by atoms with Crippen molar-refractivity contribution in [3.63, 3.8) is 0 Å². The quantitative estimate of drug-likeness (QED) is 0.184. The van der Waals surface area contributed by atoms with Crippen LogP contribution in [0.5, 0.6) is 0 Å². The normalized spacial score (nSPS) is 14.9. The van der Waals surface area contributed by atoms with E-state index < -0.39 is 16.0 Å². The number of halogens is 1. The Morgan fingerprint density at radius 2 is 1.57 bits per heavy atom. The van der Waals surface area contributed by atoms with E-state index in [1.54, 1.807) is 25.4 Å². The highest BCUT2D eigenvalue weighted by Gasteiger charge is 2.25. The summed E-state index contributed by atoms with van der Waals surface area (Å²) in [6.45, 7) is 1.19. The van der Waals surface area contributed by atoms with Gasteiger partial charge in [-0.05, 0) is 53.9 Å². The van der Waals surface area contributed by atoms with Crippen molar-refractivity contribution in [1.82, 2.24) is 9.21 Å². The number of unbranched alkanes of at least 4 members (excludes halogenated alkanes) is 3. The van der Waals surface area contributed by atoms with Crippen molar-refractivity contribution < 1.29 is 17.9 Å². The number of carbonyl (C=O) groups is 1. The number of hydrogen-bond acceptors (Lipinski definition) is 6. The lowest BCUT2D eigenvalue weighted by Crippen LogP contribution is -2.28. The van der Waals surface area contributed by atoms with E-state index in [4.69, 9.17) is 16.3 Å². The average Bonchev–Trinajstić information content (AvgIpc) is 3.25. The summed E-state index contributed by atoms with van der Waals surface area (Å²) in [6, 6.07) is 20.0. The maximum atomic E-state index is 12.6. The van der Waals surface area contributed by atoms with Crippen molar-refractivity contribution in [2.75, 3.05) is 27.2 Å². The third kappa shape index (κ3) is 6.57. The van der Waals surface area contributed by atoms with Gasteiger partial charge in [0.2, 0.25) is 15.9 Å². The number of fused-ring (bicyclic) bond motifs is 1. The van der Waals surface area contributed by atoms with E-state index >= 15 is 0 Å². The van der Waals surface area contributed by atoms with E-state index in [0.717, 1.165) is 48.6 Å². The van der Waals surface area contributed by atoms with Crippen LogP contribution in [0, 0.1) is 0 Å². The molecule has 37 heavy (non-hydrogen) atoms. The molecule has 4 rings (SSSR count). The second-order valence-electron chi connectivity index (χ2n) is 9.02. The molecule has 0 aliphatic carbocycles. The molecule has 3 aromatic carbocycles. The lowest BCUT2D eigenvalue weighted by Gasteiger charge is -2.17. The molecule has 1 aliphatic heterocycles. The smallest absolute Gasteiger partial charge is 0.365 e. The molecule has 194 valence electrons. The zero-order chi connectivity index (χ0) is 26.4. The minimum atomic E-state index is -3.52. The van der Waals surface area contributed by atoms with Crippen LogP contribution in [-0.4, -0.2) is 56.7 Å². The van der Waals surface area contributed by atoms with Gasteiger partial charge in [-0.1, -0.05) is 60.8 Å². The van der Waals surface area contributed by atoms with Crippen molar-refractivity contribution in [3.8, 4) is 0 Å². The molecule has 9 heteroatoms. The molecule has 7 nitrogen and oxygen atoms in total. The highest BCUT2D eigenvalue weighted by molar-refractivity contribution is 7.89. The summed E-state index contributed by atoms with van der Waals surface area (Å²) < 4.78 is 32.1. The number of aliphatic imine (C=N–C) groups is 1. The summed E-state index contributed by atoms with van der Waals surface area (Å²) in [5.74, 6) is -0.140. The van der Waals surface area contributed by atoms with Crippen LogP contribution >= 0.6 is 11.6 Å². The van der Waals surface area contributed by atoms with Gasteiger partial charge in [0.25, 0.3) is 0 Å². The Bertz CT molecular complexity index is 1430. The van der Waals surface area contributed by atoms with E-state index in [2.05, 4.69) is 4.99 Å². The number of benzene rings is 3. The maximum absolute atomic E-state index is 12.6. The Labute approximate surface area is 223 Å². The third-order valence-corrected chi connectivity index (χ3v) is 8.36. The molecule has 0 atom stereocenters. The van der Waals surface area contributed by atoms with Crippen molar-refractivity contribution in [3.05, 3.63) is 89.2 Å². The molecule has 0 bridgehead atoms. The minimum Gasteiger partial charge on any atom is -0.402 e. The highest BCUT2D eigenvalue weighted by atomic mass is 35.5. The van der Waals surface area contributed by atoms with Crippen LogP contribution in [0.2, 0.25) is 5.02 Å². The zero-order valence-corrected chi connectivity index (χ0v) is 22.5. The summed E-state index contributed by atoms with van der Waals surface area (Å²) in [7, 11) is -0.0192. The van der Waals surface area contributed by atoms with Crippen LogP contribution < -0.4 is 0 Å². The van der Waals surface area contributed by atoms with Crippen LogP contribution in [0.15, 0.2) is 88.5 Å². The van der Waals surface area contributed by atoms with Gasteiger partial charge in [0.15, 0.2) is 5.70 Å². The van der Waals surface area contributed by atoms with Crippen LogP contribution in [0.4, 0.5) is 0 Å². The molecule has 0 radical (unpaired) electrons. The van der Waals surface area contributed by atoms with Crippen molar-refractivity contribution >= 4 is 44.3 Å². The number of ether oxygens (including phenoxy) is 1. The fourth-order valence-corrected chi connectivity index (χ4v) is 5.49. The van der Waals surface area contributed by atoms with E-state index in [0.29, 0.717) is 17.5 Å². The molecule has 0 saturated carbocycles. The summed E-state index contributed by atoms with van der Waals surface area (Å²) >= 11 is 5.86. The molecular formula is C28H30ClN3O4S. The number of carbonyl (C=O) groups excluding carboxylic acids is 1. The summed E-state index contributed by atoms with van der Waals surface area (Å²) in [5, 5.41) is 2.55. The van der Waals surface area contributed by atoms with Gasteiger partial charge >= 0.3 is 5.97 Å². The van der Waals surface area contributed by atoms with Gasteiger partial charge in [-0.3, -0.25) is 0 Å². The first-order valence-corrected chi connectivity index (χ1v) is 14.0. The summed E-state index contributed by atoms with van der Waals surface area (Å²) in [5.41, 5.74) is 1.07. The highest BCUT2D eigenvalue weighted by Crippen LogP contribution is 2.24. The molecule has 0 spiro atoms. The van der Waals surface area contributed by atoms with Gasteiger partial charge in [0.05, 0.1) is 4.90 Å². The van der Waals surface area contributed by atoms with Gasteiger partial charge in [-0.15, -0.1) is 0 Å². The molecule has 1 heterocycles. The van der Waals surface area contributed by atoms with E-state index in [1.807, 2.05) is 54.4 Å². The first-order valence-electron chi connectivity index (χ1n) is 12.2. The second-order valence-corrected chi connectivity index (χ2v) is 11.5. The summed E-state index contributed by atoms with van der Waals surface area (Å²) in [4.78, 5) is 19.0. The molecule has 0 N–H and O–H groups in total. The number of nitrogens with zero attached hydrogens (tertiary/aromatic N) is 3. The van der Waals surface area contributed by atoms with Gasteiger partial charge in [-0.2, -0.15) is 0 Å².